The highest BCUT2D eigenvalue weighted by Crippen LogP contribution is 2.30. The van der Waals surface area contributed by atoms with Crippen molar-refractivity contribution >= 4 is 23.4 Å². The van der Waals surface area contributed by atoms with E-state index in [9.17, 15) is 14.4 Å². The summed E-state index contributed by atoms with van der Waals surface area (Å²) in [6.07, 6.45) is 1.07. The number of carbonyl (C=O) groups is 3. The van der Waals surface area contributed by atoms with Gasteiger partial charge in [0.25, 0.3) is 11.8 Å². The van der Waals surface area contributed by atoms with Crippen LogP contribution in [0.2, 0.25) is 0 Å². The van der Waals surface area contributed by atoms with Crippen LogP contribution >= 0.6 is 0 Å². The molecule has 1 fully saturated rings. The van der Waals surface area contributed by atoms with Gasteiger partial charge in [0.15, 0.2) is 6.10 Å². The van der Waals surface area contributed by atoms with Gasteiger partial charge in [-0.05, 0) is 67.6 Å². The Labute approximate surface area is 176 Å². The van der Waals surface area contributed by atoms with Gasteiger partial charge in [0.2, 0.25) is 5.91 Å². The predicted octanol–water partition coefficient (Wildman–Crippen LogP) is 3.39. The van der Waals surface area contributed by atoms with E-state index in [1.54, 1.807) is 31.2 Å². The van der Waals surface area contributed by atoms with Crippen LogP contribution in [-0.2, 0) is 9.59 Å². The number of hydrogen-bond acceptors (Lipinski definition) is 4. The molecule has 0 aromatic heterocycles. The van der Waals surface area contributed by atoms with E-state index in [2.05, 4.69) is 30.0 Å². The second-order valence-electron chi connectivity index (χ2n) is 7.77. The first-order valence-corrected chi connectivity index (χ1v) is 10.1. The summed E-state index contributed by atoms with van der Waals surface area (Å²) in [7, 11) is 0. The normalized spacial score (nSPS) is 14.0. The van der Waals surface area contributed by atoms with Crippen molar-refractivity contribution in [3.8, 4) is 5.75 Å². The standard InChI is InChI=1S/C23H27N3O4/c1-14(2)16-8-12-20(13-9-16)30-15(3)21(27)25-26-23(29)18-6-10-19(11-7-18)24-22(28)17-4-5-17/h6-15,17H,4-5H2,1-3H3,(H,24,28)(H,25,27)(H,26,29). The van der Waals surface area contributed by atoms with E-state index in [1.807, 2.05) is 24.3 Å². The highest BCUT2D eigenvalue weighted by Gasteiger charge is 2.29. The molecular formula is C23H27N3O4. The molecule has 0 bridgehead atoms. The molecule has 1 unspecified atom stereocenters. The van der Waals surface area contributed by atoms with Crippen LogP contribution < -0.4 is 20.9 Å². The number of carbonyl (C=O) groups excluding carboxylic acids is 3. The van der Waals surface area contributed by atoms with Gasteiger partial charge in [0.1, 0.15) is 5.75 Å². The number of amides is 3. The maximum absolute atomic E-state index is 12.2. The van der Waals surface area contributed by atoms with Gasteiger partial charge in [0, 0.05) is 17.2 Å². The summed E-state index contributed by atoms with van der Waals surface area (Å²) in [6.45, 7) is 5.81. The van der Waals surface area contributed by atoms with Crippen LogP contribution in [0, 0.1) is 5.92 Å². The molecule has 1 aliphatic carbocycles. The number of rotatable bonds is 7. The molecule has 3 rings (SSSR count). The van der Waals surface area contributed by atoms with Crippen LogP contribution in [0.25, 0.3) is 0 Å². The summed E-state index contributed by atoms with van der Waals surface area (Å²) in [6, 6.07) is 14.0. The van der Waals surface area contributed by atoms with E-state index in [4.69, 9.17) is 4.74 Å². The lowest BCUT2D eigenvalue weighted by molar-refractivity contribution is -0.128. The van der Waals surface area contributed by atoms with Crippen molar-refractivity contribution in [1.29, 1.82) is 0 Å². The fraction of sp³-hybridized carbons (Fsp3) is 0.348. The largest absolute Gasteiger partial charge is 0.481 e. The molecule has 2 aromatic rings. The van der Waals surface area contributed by atoms with E-state index < -0.39 is 17.9 Å². The molecule has 3 amide bonds. The van der Waals surface area contributed by atoms with Gasteiger partial charge in [-0.15, -0.1) is 0 Å². The van der Waals surface area contributed by atoms with Gasteiger partial charge in [0.05, 0.1) is 0 Å². The Morgan fingerprint density at radius 3 is 2.10 bits per heavy atom. The lowest BCUT2D eigenvalue weighted by atomic mass is 10.0. The zero-order valence-electron chi connectivity index (χ0n) is 17.4. The summed E-state index contributed by atoms with van der Waals surface area (Å²) >= 11 is 0. The number of anilines is 1. The van der Waals surface area contributed by atoms with Crippen LogP contribution in [0.4, 0.5) is 5.69 Å². The van der Waals surface area contributed by atoms with Crippen LogP contribution in [0.15, 0.2) is 48.5 Å². The van der Waals surface area contributed by atoms with Crippen LogP contribution in [0.5, 0.6) is 5.75 Å². The molecule has 7 heteroatoms. The maximum Gasteiger partial charge on any atom is 0.279 e. The third-order valence-corrected chi connectivity index (χ3v) is 4.89. The second kappa shape index (κ2) is 9.43. The molecule has 3 N–H and O–H groups in total. The first-order chi connectivity index (χ1) is 14.3. The van der Waals surface area contributed by atoms with Gasteiger partial charge in [-0.2, -0.15) is 0 Å². The molecular weight excluding hydrogens is 382 g/mol. The number of ether oxygens (including phenoxy) is 1. The molecule has 0 saturated heterocycles. The number of hydrogen-bond donors (Lipinski definition) is 3. The van der Waals surface area contributed by atoms with E-state index >= 15 is 0 Å². The summed E-state index contributed by atoms with van der Waals surface area (Å²) < 4.78 is 5.62. The Kier molecular flexibility index (Phi) is 6.72. The highest BCUT2D eigenvalue weighted by molar-refractivity contribution is 5.97. The summed E-state index contributed by atoms with van der Waals surface area (Å²) in [5, 5.41) is 2.81. The van der Waals surface area contributed by atoms with Crippen molar-refractivity contribution in [3.63, 3.8) is 0 Å². The Morgan fingerprint density at radius 1 is 0.900 bits per heavy atom. The molecule has 0 heterocycles. The first kappa shape index (κ1) is 21.4. The molecule has 7 nitrogen and oxygen atoms in total. The van der Waals surface area contributed by atoms with Crippen LogP contribution in [0.3, 0.4) is 0 Å². The summed E-state index contributed by atoms with van der Waals surface area (Å²) in [5.41, 5.74) is 6.92. The molecule has 1 atom stereocenters. The van der Waals surface area contributed by atoms with Crippen molar-refractivity contribution in [1.82, 2.24) is 10.9 Å². The Hall–Kier alpha value is -3.35. The SMILES string of the molecule is CC(Oc1ccc(C(C)C)cc1)C(=O)NNC(=O)c1ccc(NC(=O)C2CC2)cc1. The number of benzene rings is 2. The Bertz CT molecular complexity index is 903. The molecule has 1 aliphatic rings. The van der Waals surface area contributed by atoms with Gasteiger partial charge < -0.3 is 10.1 Å². The zero-order valence-corrected chi connectivity index (χ0v) is 17.4. The third-order valence-electron chi connectivity index (χ3n) is 4.89. The molecule has 1 saturated carbocycles. The fourth-order valence-electron chi connectivity index (χ4n) is 2.78. The minimum absolute atomic E-state index is 0.00676. The molecule has 0 radical (unpaired) electrons. The topological polar surface area (TPSA) is 96.5 Å². The van der Waals surface area contributed by atoms with E-state index in [0.29, 0.717) is 22.9 Å². The first-order valence-electron chi connectivity index (χ1n) is 10.1. The van der Waals surface area contributed by atoms with Crippen LogP contribution in [0.1, 0.15) is 55.5 Å². The van der Waals surface area contributed by atoms with Crippen LogP contribution in [-0.4, -0.2) is 23.8 Å². The Balaban J connectivity index is 1.46. The average molecular weight is 409 g/mol. The van der Waals surface area contributed by atoms with Gasteiger partial charge in [-0.25, -0.2) is 0 Å². The van der Waals surface area contributed by atoms with Crippen molar-refractivity contribution in [2.24, 2.45) is 5.92 Å². The summed E-state index contributed by atoms with van der Waals surface area (Å²) in [4.78, 5) is 36.2. The average Bonchev–Trinajstić information content (AvgIpc) is 3.58. The minimum atomic E-state index is -0.782. The third kappa shape index (κ3) is 5.83. The predicted molar refractivity (Wildman–Crippen MR) is 114 cm³/mol. The van der Waals surface area contributed by atoms with Gasteiger partial charge >= 0.3 is 0 Å². The fourth-order valence-corrected chi connectivity index (χ4v) is 2.78. The van der Waals surface area contributed by atoms with Gasteiger partial charge in [-0.1, -0.05) is 26.0 Å². The summed E-state index contributed by atoms with van der Waals surface area (Å²) in [5.74, 6) is 0.185. The smallest absolute Gasteiger partial charge is 0.279 e. The molecule has 2 aromatic carbocycles. The van der Waals surface area contributed by atoms with E-state index in [1.165, 1.54) is 5.56 Å². The quantitative estimate of drug-likeness (QED) is 0.611. The lowest BCUT2D eigenvalue weighted by Gasteiger charge is -2.16. The van der Waals surface area contributed by atoms with Gasteiger partial charge in [-0.3, -0.25) is 25.2 Å². The van der Waals surface area contributed by atoms with Crippen molar-refractivity contribution < 1.29 is 19.1 Å². The molecule has 0 spiro atoms. The minimum Gasteiger partial charge on any atom is -0.481 e. The van der Waals surface area contributed by atoms with Crippen molar-refractivity contribution in [2.75, 3.05) is 5.32 Å². The van der Waals surface area contributed by atoms with Crippen molar-refractivity contribution in [2.45, 2.75) is 45.6 Å². The van der Waals surface area contributed by atoms with Crippen molar-refractivity contribution in [3.05, 3.63) is 59.7 Å². The molecule has 0 aliphatic heterocycles. The zero-order chi connectivity index (χ0) is 21.7. The van der Waals surface area contributed by atoms with E-state index in [0.717, 1.165) is 12.8 Å². The number of nitrogens with one attached hydrogen (secondary N) is 3. The molecule has 158 valence electrons. The number of hydrazine groups is 1. The maximum atomic E-state index is 12.2. The lowest BCUT2D eigenvalue weighted by Crippen LogP contribution is -2.47. The van der Waals surface area contributed by atoms with E-state index in [-0.39, 0.29) is 11.8 Å². The highest BCUT2D eigenvalue weighted by atomic mass is 16.5. The Morgan fingerprint density at radius 2 is 1.53 bits per heavy atom. The second-order valence-corrected chi connectivity index (χ2v) is 7.77. The molecule has 30 heavy (non-hydrogen) atoms. The monoisotopic (exact) mass is 409 g/mol.